The molecule has 3 N–H and O–H groups in total. The lowest BCUT2D eigenvalue weighted by Gasteiger charge is -2.20. The Bertz CT molecular complexity index is 598. The number of rotatable bonds is 2. The van der Waals surface area contributed by atoms with Gasteiger partial charge in [0.2, 0.25) is 5.91 Å². The lowest BCUT2D eigenvalue weighted by atomic mass is 9.93. The second kappa shape index (κ2) is 7.76. The van der Waals surface area contributed by atoms with E-state index in [0.29, 0.717) is 6.42 Å². The molecule has 23 heavy (non-hydrogen) atoms. The van der Waals surface area contributed by atoms with E-state index in [0.717, 1.165) is 30.4 Å². The smallest absolute Gasteiger partial charge is 0.326 e. The maximum absolute atomic E-state index is 12.1. The van der Waals surface area contributed by atoms with Gasteiger partial charge in [-0.1, -0.05) is 37.1 Å². The maximum Gasteiger partial charge on any atom is 0.326 e. The quantitative estimate of drug-likeness (QED) is 0.719. The van der Waals surface area contributed by atoms with Crippen LogP contribution in [0.15, 0.2) is 24.3 Å². The van der Waals surface area contributed by atoms with Crippen LogP contribution in [0.25, 0.3) is 0 Å². The summed E-state index contributed by atoms with van der Waals surface area (Å²) in [7, 11) is 0. The Morgan fingerprint density at radius 1 is 1.00 bits per heavy atom. The highest BCUT2D eigenvalue weighted by atomic mass is 16.4. The fourth-order valence-corrected chi connectivity index (χ4v) is 2.90. The molecular formula is C17H21NO5. The average Bonchev–Trinajstić information content (AvgIpc) is 2.49. The van der Waals surface area contributed by atoms with Crippen LogP contribution in [0.1, 0.15) is 36.8 Å². The third-order valence-corrected chi connectivity index (χ3v) is 4.21. The van der Waals surface area contributed by atoms with Gasteiger partial charge >= 0.3 is 11.9 Å². The largest absolute Gasteiger partial charge is 0.481 e. The molecule has 0 spiro atoms. The Morgan fingerprint density at radius 2 is 1.70 bits per heavy atom. The molecule has 0 bridgehead atoms. The number of hydrogen-bond donors (Lipinski definition) is 3. The van der Waals surface area contributed by atoms with Gasteiger partial charge in [-0.05, 0) is 30.4 Å². The molecule has 0 saturated carbocycles. The molecule has 2 unspecified atom stereocenters. The summed E-state index contributed by atoms with van der Waals surface area (Å²) in [6.45, 7) is 0. The summed E-state index contributed by atoms with van der Waals surface area (Å²) in [4.78, 5) is 34.8. The van der Waals surface area contributed by atoms with Gasteiger partial charge in [0.15, 0.2) is 0 Å². The van der Waals surface area contributed by atoms with Crippen LogP contribution in [-0.4, -0.2) is 34.1 Å². The van der Waals surface area contributed by atoms with Gasteiger partial charge < -0.3 is 15.5 Å². The Labute approximate surface area is 134 Å². The highest BCUT2D eigenvalue weighted by molar-refractivity contribution is 5.98. The summed E-state index contributed by atoms with van der Waals surface area (Å²) in [5.74, 6) is -4.27. The van der Waals surface area contributed by atoms with Gasteiger partial charge in [0.05, 0.1) is 0 Å². The number of hydrogen-bond acceptors (Lipinski definition) is 3. The molecule has 1 amide bonds. The number of carbonyl (C=O) groups is 3. The first kappa shape index (κ1) is 17.0. The Hall–Kier alpha value is -2.37. The van der Waals surface area contributed by atoms with Gasteiger partial charge in [0.25, 0.3) is 0 Å². The van der Waals surface area contributed by atoms with Crippen LogP contribution in [0.5, 0.6) is 0 Å². The molecule has 124 valence electrons. The molecule has 1 aromatic rings. The summed E-state index contributed by atoms with van der Waals surface area (Å²) in [6.07, 6.45) is 3.58. The average molecular weight is 319 g/mol. The summed E-state index contributed by atoms with van der Waals surface area (Å²) in [6, 6.07) is 6.47. The molecule has 1 aromatic carbocycles. The zero-order valence-corrected chi connectivity index (χ0v) is 12.8. The summed E-state index contributed by atoms with van der Waals surface area (Å²) >= 11 is 0. The minimum Gasteiger partial charge on any atom is -0.481 e. The van der Waals surface area contributed by atoms with Crippen LogP contribution in [0.3, 0.4) is 0 Å². The van der Waals surface area contributed by atoms with E-state index >= 15 is 0 Å². The second-order valence-electron chi connectivity index (χ2n) is 5.86. The van der Waals surface area contributed by atoms with Crippen LogP contribution in [0.4, 0.5) is 0 Å². The van der Waals surface area contributed by atoms with E-state index in [1.54, 1.807) is 0 Å². The maximum atomic E-state index is 12.1. The molecule has 2 rings (SSSR count). The number of benzene rings is 1. The van der Waals surface area contributed by atoms with E-state index in [4.69, 9.17) is 0 Å². The van der Waals surface area contributed by atoms with Crippen molar-refractivity contribution in [2.24, 2.45) is 5.92 Å². The summed E-state index contributed by atoms with van der Waals surface area (Å²) in [5.41, 5.74) is 1.97. The zero-order valence-electron chi connectivity index (χ0n) is 12.8. The highest BCUT2D eigenvalue weighted by Gasteiger charge is 2.30. The zero-order chi connectivity index (χ0) is 16.8. The van der Waals surface area contributed by atoms with E-state index < -0.39 is 29.8 Å². The summed E-state index contributed by atoms with van der Waals surface area (Å²) in [5, 5.41) is 20.9. The molecule has 2 atom stereocenters. The highest BCUT2D eigenvalue weighted by Crippen LogP contribution is 2.19. The van der Waals surface area contributed by atoms with Gasteiger partial charge in [-0.2, -0.15) is 0 Å². The van der Waals surface area contributed by atoms with Crippen molar-refractivity contribution in [3.63, 3.8) is 0 Å². The Balaban J connectivity index is 2.28. The predicted octanol–water partition coefficient (Wildman–Crippen LogP) is 1.62. The van der Waals surface area contributed by atoms with Gasteiger partial charge in [-0.3, -0.25) is 9.59 Å². The summed E-state index contributed by atoms with van der Waals surface area (Å²) < 4.78 is 0. The van der Waals surface area contributed by atoms with Crippen LogP contribution >= 0.6 is 0 Å². The van der Waals surface area contributed by atoms with E-state index in [-0.39, 0.29) is 12.8 Å². The van der Waals surface area contributed by atoms with Gasteiger partial charge in [0, 0.05) is 6.42 Å². The van der Waals surface area contributed by atoms with Gasteiger partial charge in [0.1, 0.15) is 12.0 Å². The number of aryl methyl sites for hydroxylation is 1. The first-order chi connectivity index (χ1) is 11.0. The normalized spacial score (nSPS) is 22.9. The van der Waals surface area contributed by atoms with Crippen molar-refractivity contribution in [2.75, 3.05) is 0 Å². The van der Waals surface area contributed by atoms with Crippen molar-refractivity contribution >= 4 is 17.8 Å². The fourth-order valence-electron chi connectivity index (χ4n) is 2.90. The second-order valence-corrected chi connectivity index (χ2v) is 5.86. The standard InChI is InChI=1S/C17H21NO5/c19-15-13(16(20)21)9-3-1-2-6-11-7-4-5-8-12(11)10-14(18-15)17(22)23/h4-5,7-8,13-14H,1-3,6,9-10H2,(H,18,19)(H,20,21)(H,22,23). The number of nitrogens with one attached hydrogen (secondary N) is 1. The topological polar surface area (TPSA) is 104 Å². The molecule has 0 fully saturated rings. The number of amides is 1. The van der Waals surface area contributed by atoms with Crippen molar-refractivity contribution in [2.45, 2.75) is 44.6 Å². The van der Waals surface area contributed by atoms with Crippen LogP contribution < -0.4 is 5.32 Å². The monoisotopic (exact) mass is 319 g/mol. The van der Waals surface area contributed by atoms with Crippen molar-refractivity contribution < 1.29 is 24.6 Å². The minimum absolute atomic E-state index is 0.156. The molecule has 0 aromatic heterocycles. The molecule has 0 radical (unpaired) electrons. The van der Waals surface area contributed by atoms with Crippen LogP contribution in [0.2, 0.25) is 0 Å². The Kier molecular flexibility index (Phi) is 5.73. The number of carbonyl (C=O) groups excluding carboxylic acids is 1. The third kappa shape index (κ3) is 4.55. The van der Waals surface area contributed by atoms with Crippen molar-refractivity contribution in [3.8, 4) is 0 Å². The molecule has 0 aliphatic carbocycles. The van der Waals surface area contributed by atoms with Crippen molar-refractivity contribution in [1.29, 1.82) is 0 Å². The molecule has 6 heteroatoms. The number of carboxylic acid groups (broad SMARTS) is 2. The number of fused-ring (bicyclic) bond motifs is 1. The molecule has 1 aliphatic rings. The van der Waals surface area contributed by atoms with E-state index in [1.807, 2.05) is 24.3 Å². The van der Waals surface area contributed by atoms with Gasteiger partial charge in [-0.25, -0.2) is 4.79 Å². The fraction of sp³-hybridized carbons (Fsp3) is 0.471. The van der Waals surface area contributed by atoms with Crippen LogP contribution in [0, 0.1) is 5.92 Å². The lowest BCUT2D eigenvalue weighted by Crippen LogP contribution is -2.46. The molecule has 0 saturated heterocycles. The third-order valence-electron chi connectivity index (χ3n) is 4.21. The van der Waals surface area contributed by atoms with Crippen LogP contribution in [-0.2, 0) is 27.2 Å². The SMILES string of the molecule is O=C(O)C1Cc2ccccc2CCCCCC(C(=O)O)C(=O)N1. The lowest BCUT2D eigenvalue weighted by molar-refractivity contribution is -0.150. The molecular weight excluding hydrogens is 298 g/mol. The van der Waals surface area contributed by atoms with E-state index in [1.165, 1.54) is 0 Å². The van der Waals surface area contributed by atoms with Gasteiger partial charge in [-0.15, -0.1) is 0 Å². The van der Waals surface area contributed by atoms with Crippen molar-refractivity contribution in [1.82, 2.24) is 5.32 Å². The first-order valence-corrected chi connectivity index (χ1v) is 7.82. The molecule has 6 nitrogen and oxygen atoms in total. The molecule has 1 aliphatic heterocycles. The first-order valence-electron chi connectivity index (χ1n) is 7.82. The minimum atomic E-state index is -1.20. The predicted molar refractivity (Wildman–Crippen MR) is 83.0 cm³/mol. The van der Waals surface area contributed by atoms with E-state index in [2.05, 4.69) is 5.32 Å². The molecule has 1 heterocycles. The number of aliphatic carboxylic acids is 2. The van der Waals surface area contributed by atoms with E-state index in [9.17, 15) is 24.6 Å². The van der Waals surface area contributed by atoms with Crippen molar-refractivity contribution in [3.05, 3.63) is 35.4 Å². The Morgan fingerprint density at radius 3 is 2.35 bits per heavy atom. The number of carboxylic acids is 2.